The highest BCUT2D eigenvalue weighted by Crippen LogP contribution is 2.21. The Kier molecular flexibility index (Phi) is 6.30. The first kappa shape index (κ1) is 18.8. The van der Waals surface area contributed by atoms with Crippen LogP contribution in [0.5, 0.6) is 5.75 Å². The first-order chi connectivity index (χ1) is 13.1. The Labute approximate surface area is 159 Å². The minimum atomic E-state index is -0.380. The van der Waals surface area contributed by atoms with Gasteiger partial charge in [0.2, 0.25) is 5.91 Å². The number of benzene rings is 2. The maximum Gasteiger partial charge on any atom is 0.414 e. The first-order valence-electron chi connectivity index (χ1n) is 9.11. The van der Waals surface area contributed by atoms with E-state index < -0.39 is 0 Å². The molecule has 1 heterocycles. The first-order valence-corrected chi connectivity index (χ1v) is 9.11. The van der Waals surface area contributed by atoms with Crippen LogP contribution in [0.2, 0.25) is 0 Å². The van der Waals surface area contributed by atoms with Crippen molar-refractivity contribution >= 4 is 17.7 Å². The molecule has 0 spiro atoms. The monoisotopic (exact) mass is 368 g/mol. The number of rotatable bonds is 8. The second-order valence-electron chi connectivity index (χ2n) is 6.52. The van der Waals surface area contributed by atoms with Crippen LogP contribution in [0.4, 0.5) is 10.5 Å². The molecule has 0 bridgehead atoms. The number of amides is 2. The lowest BCUT2D eigenvalue weighted by atomic mass is 10.2. The molecule has 1 saturated heterocycles. The topological polar surface area (TPSA) is 67.9 Å². The van der Waals surface area contributed by atoms with Crippen molar-refractivity contribution in [3.05, 3.63) is 60.2 Å². The van der Waals surface area contributed by atoms with Crippen LogP contribution in [0.3, 0.4) is 0 Å². The Morgan fingerprint density at radius 3 is 2.67 bits per heavy atom. The lowest BCUT2D eigenvalue weighted by Crippen LogP contribution is -2.34. The lowest BCUT2D eigenvalue weighted by molar-refractivity contribution is -0.121. The molecule has 2 aromatic rings. The summed E-state index contributed by atoms with van der Waals surface area (Å²) in [6, 6.07) is 17.2. The largest absolute Gasteiger partial charge is 0.494 e. The Hall–Kier alpha value is -3.02. The van der Waals surface area contributed by atoms with Gasteiger partial charge in [0.1, 0.15) is 11.9 Å². The van der Waals surface area contributed by atoms with Crippen LogP contribution in [-0.2, 0) is 9.53 Å². The molecule has 0 saturated carbocycles. The van der Waals surface area contributed by atoms with Gasteiger partial charge in [0.15, 0.2) is 0 Å². The molecule has 1 aliphatic rings. The Morgan fingerprint density at radius 1 is 1.19 bits per heavy atom. The van der Waals surface area contributed by atoms with Crippen molar-refractivity contribution in [3.8, 4) is 5.75 Å². The van der Waals surface area contributed by atoms with Gasteiger partial charge in [-0.2, -0.15) is 0 Å². The summed E-state index contributed by atoms with van der Waals surface area (Å²) in [6.07, 6.45) is 0.272. The smallest absolute Gasteiger partial charge is 0.414 e. The van der Waals surface area contributed by atoms with E-state index in [1.165, 1.54) is 0 Å². The fraction of sp³-hybridized carbons (Fsp3) is 0.333. The van der Waals surface area contributed by atoms with Crippen LogP contribution in [0.1, 0.15) is 18.4 Å². The van der Waals surface area contributed by atoms with E-state index in [2.05, 4.69) is 5.32 Å². The zero-order valence-corrected chi connectivity index (χ0v) is 15.4. The van der Waals surface area contributed by atoms with Gasteiger partial charge in [-0.15, -0.1) is 0 Å². The molecular formula is C21H24N2O4. The van der Waals surface area contributed by atoms with E-state index in [0.29, 0.717) is 32.5 Å². The molecule has 1 atom stereocenters. The third-order valence-electron chi connectivity index (χ3n) is 4.31. The SMILES string of the molecule is Cc1ccc(N2CC(CNC(=O)CCCOc3ccccc3)OC2=O)cc1. The Bertz CT molecular complexity index is 762. The van der Waals surface area contributed by atoms with Crippen LogP contribution >= 0.6 is 0 Å². The van der Waals surface area contributed by atoms with Crippen molar-refractivity contribution in [2.75, 3.05) is 24.6 Å². The number of carbonyl (C=O) groups is 2. The zero-order chi connectivity index (χ0) is 19.1. The number of para-hydroxylation sites is 1. The quantitative estimate of drug-likeness (QED) is 0.726. The second kappa shape index (κ2) is 9.07. The molecule has 6 nitrogen and oxygen atoms in total. The highest BCUT2D eigenvalue weighted by atomic mass is 16.6. The van der Waals surface area contributed by atoms with Crippen LogP contribution in [0.25, 0.3) is 0 Å². The van der Waals surface area contributed by atoms with Crippen LogP contribution in [-0.4, -0.2) is 37.8 Å². The van der Waals surface area contributed by atoms with Crippen LogP contribution < -0.4 is 15.0 Å². The van der Waals surface area contributed by atoms with Gasteiger partial charge in [-0.3, -0.25) is 9.69 Å². The van der Waals surface area contributed by atoms with Crippen LogP contribution in [0.15, 0.2) is 54.6 Å². The minimum absolute atomic E-state index is 0.0727. The molecule has 2 aromatic carbocycles. The third kappa shape index (κ3) is 5.48. The molecule has 1 unspecified atom stereocenters. The van der Waals surface area contributed by atoms with E-state index in [1.54, 1.807) is 4.90 Å². The van der Waals surface area contributed by atoms with Crippen LogP contribution in [0, 0.1) is 6.92 Å². The maximum atomic E-state index is 12.0. The van der Waals surface area contributed by atoms with Gasteiger partial charge in [-0.25, -0.2) is 4.79 Å². The third-order valence-corrected chi connectivity index (χ3v) is 4.31. The fourth-order valence-corrected chi connectivity index (χ4v) is 2.82. The summed E-state index contributed by atoms with van der Waals surface area (Å²) in [5.74, 6) is 0.725. The molecule has 1 aliphatic heterocycles. The number of nitrogens with one attached hydrogen (secondary N) is 1. The fourth-order valence-electron chi connectivity index (χ4n) is 2.82. The van der Waals surface area contributed by atoms with Gasteiger partial charge >= 0.3 is 6.09 Å². The predicted molar refractivity (Wildman–Crippen MR) is 103 cm³/mol. The van der Waals surface area contributed by atoms with Crippen molar-refractivity contribution in [2.45, 2.75) is 25.9 Å². The normalized spacial score (nSPS) is 16.1. The number of carbonyl (C=O) groups excluding carboxylic acids is 2. The maximum absolute atomic E-state index is 12.0. The molecule has 142 valence electrons. The van der Waals surface area contributed by atoms with Crippen molar-refractivity contribution < 1.29 is 19.1 Å². The number of aryl methyl sites for hydroxylation is 1. The van der Waals surface area contributed by atoms with Gasteiger partial charge in [-0.05, 0) is 37.6 Å². The molecule has 0 aliphatic carbocycles. The summed E-state index contributed by atoms with van der Waals surface area (Å²) in [4.78, 5) is 25.6. The number of cyclic esters (lactones) is 1. The van der Waals surface area contributed by atoms with E-state index in [0.717, 1.165) is 17.0 Å². The number of anilines is 1. The molecule has 3 rings (SSSR count). The average molecular weight is 368 g/mol. The zero-order valence-electron chi connectivity index (χ0n) is 15.4. The van der Waals surface area contributed by atoms with E-state index in [1.807, 2.05) is 61.5 Å². The standard InChI is InChI=1S/C21H24N2O4/c1-16-9-11-17(12-10-16)23-15-19(27-21(23)25)14-22-20(24)8-5-13-26-18-6-3-2-4-7-18/h2-4,6-7,9-12,19H,5,8,13-15H2,1H3,(H,22,24). The van der Waals surface area contributed by atoms with Gasteiger partial charge in [0, 0.05) is 12.1 Å². The van der Waals surface area contributed by atoms with Crippen molar-refractivity contribution in [1.29, 1.82) is 0 Å². The Balaban J connectivity index is 1.35. The summed E-state index contributed by atoms with van der Waals surface area (Å²) in [5.41, 5.74) is 1.93. The van der Waals surface area contributed by atoms with Crippen molar-refractivity contribution in [3.63, 3.8) is 0 Å². The van der Waals surface area contributed by atoms with Gasteiger partial charge in [-0.1, -0.05) is 35.9 Å². The highest BCUT2D eigenvalue weighted by molar-refractivity contribution is 5.89. The summed E-state index contributed by atoms with van der Waals surface area (Å²) in [5, 5.41) is 2.83. The summed E-state index contributed by atoms with van der Waals surface area (Å²) >= 11 is 0. The molecule has 27 heavy (non-hydrogen) atoms. The minimum Gasteiger partial charge on any atom is -0.494 e. The van der Waals surface area contributed by atoms with E-state index >= 15 is 0 Å². The molecule has 1 fully saturated rings. The van der Waals surface area contributed by atoms with Crippen molar-refractivity contribution in [2.24, 2.45) is 0 Å². The van der Waals surface area contributed by atoms with E-state index in [-0.39, 0.29) is 18.1 Å². The summed E-state index contributed by atoms with van der Waals surface area (Å²) in [6.45, 7) is 3.22. The number of nitrogens with zero attached hydrogens (tertiary/aromatic N) is 1. The van der Waals surface area contributed by atoms with E-state index in [9.17, 15) is 9.59 Å². The molecule has 6 heteroatoms. The van der Waals surface area contributed by atoms with Gasteiger partial charge in [0.25, 0.3) is 0 Å². The molecule has 0 aromatic heterocycles. The molecular weight excluding hydrogens is 344 g/mol. The molecule has 2 amide bonds. The van der Waals surface area contributed by atoms with E-state index in [4.69, 9.17) is 9.47 Å². The summed E-state index contributed by atoms with van der Waals surface area (Å²) in [7, 11) is 0. The molecule has 0 radical (unpaired) electrons. The van der Waals surface area contributed by atoms with Gasteiger partial charge < -0.3 is 14.8 Å². The highest BCUT2D eigenvalue weighted by Gasteiger charge is 2.32. The number of hydrogen-bond acceptors (Lipinski definition) is 4. The average Bonchev–Trinajstić information content (AvgIpc) is 3.06. The number of ether oxygens (including phenoxy) is 2. The molecule has 1 N–H and O–H groups in total. The summed E-state index contributed by atoms with van der Waals surface area (Å²) < 4.78 is 10.9. The number of hydrogen-bond donors (Lipinski definition) is 1. The lowest BCUT2D eigenvalue weighted by Gasteiger charge is -2.13. The Morgan fingerprint density at radius 2 is 1.93 bits per heavy atom. The predicted octanol–water partition coefficient (Wildman–Crippen LogP) is 3.30. The van der Waals surface area contributed by atoms with Gasteiger partial charge in [0.05, 0.1) is 19.7 Å². The van der Waals surface area contributed by atoms with Crippen molar-refractivity contribution in [1.82, 2.24) is 5.32 Å². The second-order valence-corrected chi connectivity index (χ2v) is 6.52.